The van der Waals surface area contributed by atoms with Crippen molar-refractivity contribution in [3.63, 3.8) is 0 Å². The van der Waals surface area contributed by atoms with Crippen LogP contribution in [-0.2, 0) is 0 Å². The van der Waals surface area contributed by atoms with Crippen molar-refractivity contribution < 1.29 is 0 Å². The predicted octanol–water partition coefficient (Wildman–Crippen LogP) is 3.45. The van der Waals surface area contributed by atoms with Crippen LogP contribution < -0.4 is 5.32 Å². The second-order valence-electron chi connectivity index (χ2n) is 6.04. The Kier molecular flexibility index (Phi) is 2.92. The van der Waals surface area contributed by atoms with E-state index < -0.39 is 0 Å². The van der Waals surface area contributed by atoms with Gasteiger partial charge >= 0.3 is 0 Å². The highest BCUT2D eigenvalue weighted by Gasteiger charge is 2.31. The molecule has 0 atom stereocenters. The molecule has 0 bridgehead atoms. The Balaban J connectivity index is 1.63. The highest BCUT2D eigenvalue weighted by molar-refractivity contribution is 7.08. The number of thiophene rings is 1. The quantitative estimate of drug-likeness (QED) is 0.801. The molecule has 3 aromatic heterocycles. The zero-order chi connectivity index (χ0) is 14.3. The SMILES string of the molecule is CC1(CNc2ccc3nnc(-c4ccsc4)n3n2)CCC1. The summed E-state index contributed by atoms with van der Waals surface area (Å²) >= 11 is 1.65. The molecule has 21 heavy (non-hydrogen) atoms. The molecular formula is C15H17N5S. The normalized spacial score (nSPS) is 16.8. The van der Waals surface area contributed by atoms with Crippen LogP contribution in [0.5, 0.6) is 0 Å². The van der Waals surface area contributed by atoms with Gasteiger partial charge in [-0.1, -0.05) is 13.3 Å². The Labute approximate surface area is 127 Å². The summed E-state index contributed by atoms with van der Waals surface area (Å²) in [6.07, 6.45) is 3.95. The van der Waals surface area contributed by atoms with Crippen LogP contribution in [0.15, 0.2) is 29.0 Å². The third-order valence-electron chi connectivity index (χ3n) is 4.30. The van der Waals surface area contributed by atoms with Crippen molar-refractivity contribution in [1.82, 2.24) is 19.8 Å². The van der Waals surface area contributed by atoms with Gasteiger partial charge < -0.3 is 5.32 Å². The van der Waals surface area contributed by atoms with Crippen molar-refractivity contribution in [2.45, 2.75) is 26.2 Å². The highest BCUT2D eigenvalue weighted by atomic mass is 32.1. The van der Waals surface area contributed by atoms with Crippen molar-refractivity contribution in [2.24, 2.45) is 5.41 Å². The first-order valence-corrected chi connectivity index (χ1v) is 8.17. The summed E-state index contributed by atoms with van der Waals surface area (Å²) in [5, 5.41) is 20.6. The van der Waals surface area contributed by atoms with E-state index in [0.717, 1.165) is 29.4 Å². The molecule has 0 unspecified atom stereocenters. The molecule has 3 aromatic rings. The number of hydrogen-bond donors (Lipinski definition) is 1. The van der Waals surface area contributed by atoms with Gasteiger partial charge in [0.2, 0.25) is 0 Å². The molecule has 0 radical (unpaired) electrons. The molecule has 0 aromatic carbocycles. The molecular weight excluding hydrogens is 282 g/mol. The first kappa shape index (κ1) is 12.8. The van der Waals surface area contributed by atoms with E-state index in [1.165, 1.54) is 19.3 Å². The van der Waals surface area contributed by atoms with E-state index >= 15 is 0 Å². The fourth-order valence-corrected chi connectivity index (χ4v) is 3.35. The van der Waals surface area contributed by atoms with E-state index in [1.807, 2.05) is 28.1 Å². The number of nitrogens with one attached hydrogen (secondary N) is 1. The molecule has 0 amide bonds. The van der Waals surface area contributed by atoms with Gasteiger partial charge in [-0.05, 0) is 41.8 Å². The van der Waals surface area contributed by atoms with Crippen molar-refractivity contribution in [3.8, 4) is 11.4 Å². The number of aromatic nitrogens is 4. The Morgan fingerprint density at radius 3 is 2.90 bits per heavy atom. The lowest BCUT2D eigenvalue weighted by Gasteiger charge is -2.38. The van der Waals surface area contributed by atoms with Gasteiger partial charge in [-0.2, -0.15) is 15.9 Å². The van der Waals surface area contributed by atoms with Crippen LogP contribution in [-0.4, -0.2) is 26.4 Å². The average molecular weight is 299 g/mol. The van der Waals surface area contributed by atoms with Gasteiger partial charge in [-0.3, -0.25) is 0 Å². The van der Waals surface area contributed by atoms with Crippen LogP contribution in [0.25, 0.3) is 17.0 Å². The van der Waals surface area contributed by atoms with Crippen molar-refractivity contribution in [2.75, 3.05) is 11.9 Å². The Hall–Kier alpha value is -1.95. The fourth-order valence-electron chi connectivity index (χ4n) is 2.72. The maximum Gasteiger partial charge on any atom is 0.186 e. The molecule has 4 rings (SSSR count). The highest BCUT2D eigenvalue weighted by Crippen LogP contribution is 2.40. The van der Waals surface area contributed by atoms with Crippen LogP contribution in [0.4, 0.5) is 5.82 Å². The van der Waals surface area contributed by atoms with Gasteiger partial charge in [0.25, 0.3) is 0 Å². The van der Waals surface area contributed by atoms with Crippen molar-refractivity contribution >= 4 is 22.8 Å². The third kappa shape index (κ3) is 2.29. The van der Waals surface area contributed by atoms with Crippen molar-refractivity contribution in [3.05, 3.63) is 29.0 Å². The summed E-state index contributed by atoms with van der Waals surface area (Å²) in [5.74, 6) is 1.68. The van der Waals surface area contributed by atoms with E-state index in [9.17, 15) is 0 Å². The second-order valence-corrected chi connectivity index (χ2v) is 6.82. The first-order chi connectivity index (χ1) is 10.2. The molecule has 0 aliphatic heterocycles. The van der Waals surface area contributed by atoms with Gasteiger partial charge in [-0.25, -0.2) is 0 Å². The van der Waals surface area contributed by atoms with Gasteiger partial charge in [0.1, 0.15) is 5.82 Å². The van der Waals surface area contributed by atoms with Gasteiger partial charge in [-0.15, -0.1) is 15.3 Å². The molecule has 6 heteroatoms. The Morgan fingerprint density at radius 1 is 1.29 bits per heavy atom. The minimum atomic E-state index is 0.431. The average Bonchev–Trinajstić information content (AvgIpc) is 3.11. The van der Waals surface area contributed by atoms with Gasteiger partial charge in [0.15, 0.2) is 11.5 Å². The Morgan fingerprint density at radius 2 is 2.19 bits per heavy atom. The maximum absolute atomic E-state index is 4.64. The molecule has 1 aliphatic rings. The smallest absolute Gasteiger partial charge is 0.186 e. The molecule has 0 spiro atoms. The Bertz CT molecular complexity index is 758. The van der Waals surface area contributed by atoms with E-state index in [4.69, 9.17) is 0 Å². The van der Waals surface area contributed by atoms with E-state index in [0.29, 0.717) is 5.41 Å². The fraction of sp³-hybridized carbons (Fsp3) is 0.400. The number of rotatable bonds is 4. The van der Waals surface area contributed by atoms with E-state index in [1.54, 1.807) is 11.3 Å². The number of hydrogen-bond acceptors (Lipinski definition) is 5. The lowest BCUT2D eigenvalue weighted by Crippen LogP contribution is -2.33. The summed E-state index contributed by atoms with van der Waals surface area (Å²) < 4.78 is 1.81. The number of nitrogens with zero attached hydrogens (tertiary/aromatic N) is 4. The summed E-state index contributed by atoms with van der Waals surface area (Å²) in [4.78, 5) is 0. The van der Waals surface area contributed by atoms with Crippen LogP contribution in [0.2, 0.25) is 0 Å². The topological polar surface area (TPSA) is 55.1 Å². The maximum atomic E-state index is 4.64. The van der Waals surface area contributed by atoms with Crippen LogP contribution in [0.3, 0.4) is 0 Å². The summed E-state index contributed by atoms with van der Waals surface area (Å²) in [6, 6.07) is 5.98. The van der Waals surface area contributed by atoms with Gasteiger partial charge in [0, 0.05) is 17.5 Å². The standard InChI is InChI=1S/C15H17N5S/c1-15(6-2-7-15)10-16-12-3-4-13-17-18-14(20(13)19-12)11-5-8-21-9-11/h3-5,8-9H,2,6-7,10H2,1H3,(H,16,19). The second kappa shape index (κ2) is 4.80. The lowest BCUT2D eigenvalue weighted by atomic mass is 9.70. The summed E-state index contributed by atoms with van der Waals surface area (Å²) in [5.41, 5.74) is 2.26. The number of fused-ring (bicyclic) bond motifs is 1. The summed E-state index contributed by atoms with van der Waals surface area (Å²) in [6.45, 7) is 3.30. The lowest BCUT2D eigenvalue weighted by molar-refractivity contribution is 0.179. The zero-order valence-electron chi connectivity index (χ0n) is 11.9. The predicted molar refractivity (Wildman–Crippen MR) is 84.5 cm³/mol. The molecule has 1 fully saturated rings. The largest absolute Gasteiger partial charge is 0.368 e. The molecule has 108 valence electrons. The third-order valence-corrected chi connectivity index (χ3v) is 4.98. The van der Waals surface area contributed by atoms with Crippen LogP contribution in [0, 0.1) is 5.41 Å². The molecule has 0 saturated heterocycles. The zero-order valence-corrected chi connectivity index (χ0v) is 12.7. The molecule has 1 aliphatic carbocycles. The summed E-state index contributed by atoms with van der Waals surface area (Å²) in [7, 11) is 0. The molecule has 3 heterocycles. The van der Waals surface area contributed by atoms with Gasteiger partial charge in [0.05, 0.1) is 0 Å². The van der Waals surface area contributed by atoms with Crippen LogP contribution >= 0.6 is 11.3 Å². The molecule has 5 nitrogen and oxygen atoms in total. The van der Waals surface area contributed by atoms with E-state index in [-0.39, 0.29) is 0 Å². The number of anilines is 1. The minimum absolute atomic E-state index is 0.431. The van der Waals surface area contributed by atoms with E-state index in [2.05, 4.69) is 32.9 Å². The molecule has 1 N–H and O–H groups in total. The monoisotopic (exact) mass is 299 g/mol. The minimum Gasteiger partial charge on any atom is -0.368 e. The van der Waals surface area contributed by atoms with Crippen LogP contribution in [0.1, 0.15) is 26.2 Å². The first-order valence-electron chi connectivity index (χ1n) is 7.23. The molecule has 1 saturated carbocycles. The van der Waals surface area contributed by atoms with Crippen molar-refractivity contribution in [1.29, 1.82) is 0 Å².